The van der Waals surface area contributed by atoms with Gasteiger partial charge < -0.3 is 5.32 Å². The van der Waals surface area contributed by atoms with Crippen LogP contribution in [0, 0.1) is 17.3 Å². The number of sulfone groups is 1. The van der Waals surface area contributed by atoms with Crippen molar-refractivity contribution in [3.05, 3.63) is 47.0 Å². The van der Waals surface area contributed by atoms with Crippen LogP contribution in [-0.2, 0) is 15.4 Å². The Kier molecular flexibility index (Phi) is 4.99. The smallest absolute Gasteiger partial charge is 0.165 e. The van der Waals surface area contributed by atoms with Crippen molar-refractivity contribution >= 4 is 47.2 Å². The van der Waals surface area contributed by atoms with Crippen LogP contribution < -0.4 is 5.32 Å². The van der Waals surface area contributed by atoms with Crippen LogP contribution in [-0.4, -0.2) is 24.8 Å². The summed E-state index contributed by atoms with van der Waals surface area (Å²) in [5, 5.41) is 13.8. The summed E-state index contributed by atoms with van der Waals surface area (Å²) in [7, 11) is -3.48. The van der Waals surface area contributed by atoms with Crippen molar-refractivity contribution in [2.24, 2.45) is 0 Å². The zero-order valence-electron chi connectivity index (χ0n) is 18.8. The highest BCUT2D eigenvalue weighted by Gasteiger charge is 2.50. The van der Waals surface area contributed by atoms with Crippen molar-refractivity contribution in [1.82, 2.24) is 5.32 Å². The van der Waals surface area contributed by atoms with Crippen LogP contribution in [0.4, 0.5) is 0 Å². The quantitative estimate of drug-likeness (QED) is 0.502. The van der Waals surface area contributed by atoms with E-state index in [1.165, 1.54) is 10.3 Å². The molecule has 1 aliphatic heterocycles. The van der Waals surface area contributed by atoms with E-state index in [-0.39, 0.29) is 11.6 Å². The molecule has 3 aromatic rings. The Morgan fingerprint density at radius 2 is 1.77 bits per heavy atom. The number of hydrogen-bond donors (Lipinski definition) is 2. The largest absolute Gasteiger partial charge is 0.362 e. The van der Waals surface area contributed by atoms with Crippen molar-refractivity contribution in [3.8, 4) is 11.8 Å². The second-order valence-electron chi connectivity index (χ2n) is 9.38. The molecule has 1 aromatic heterocycles. The molecule has 1 fully saturated rings. The topological polar surface area (TPSA) is 70.0 Å². The zero-order valence-corrected chi connectivity index (χ0v) is 20.4. The normalized spacial score (nSPS) is 22.4. The van der Waals surface area contributed by atoms with Crippen LogP contribution in [0.25, 0.3) is 20.2 Å². The summed E-state index contributed by atoms with van der Waals surface area (Å²) >= 11 is 1.75. The fourth-order valence-electron chi connectivity index (χ4n) is 4.24. The minimum atomic E-state index is -3.48. The minimum Gasteiger partial charge on any atom is -0.362 e. The first-order valence-electron chi connectivity index (χ1n) is 10.4. The van der Waals surface area contributed by atoms with Gasteiger partial charge in [-0.15, -0.1) is 17.3 Å². The van der Waals surface area contributed by atoms with Crippen LogP contribution in [0.5, 0.6) is 0 Å². The lowest BCUT2D eigenvalue weighted by Gasteiger charge is -2.43. The van der Waals surface area contributed by atoms with E-state index in [9.17, 15) is 8.42 Å². The average molecular weight is 453 g/mol. The average Bonchev–Trinajstić information content (AvgIpc) is 3.02. The summed E-state index contributed by atoms with van der Waals surface area (Å²) < 4.78 is 27.1. The third-order valence-corrected chi connectivity index (χ3v) is 10.3. The van der Waals surface area contributed by atoms with Crippen molar-refractivity contribution in [3.63, 3.8) is 0 Å². The molecular formula is C25H28N2O2S2. The molecule has 1 aliphatic rings. The van der Waals surface area contributed by atoms with Crippen LogP contribution in [0.3, 0.4) is 0 Å². The zero-order chi connectivity index (χ0) is 22.8. The highest BCUT2D eigenvalue weighted by atomic mass is 32.2. The molecule has 2 heterocycles. The Labute approximate surface area is 188 Å². The van der Waals surface area contributed by atoms with E-state index in [0.717, 1.165) is 26.6 Å². The van der Waals surface area contributed by atoms with Gasteiger partial charge in [0, 0.05) is 25.7 Å². The Morgan fingerprint density at radius 1 is 1.10 bits per heavy atom. The first-order chi connectivity index (χ1) is 14.4. The van der Waals surface area contributed by atoms with E-state index in [4.69, 9.17) is 5.41 Å². The molecule has 0 amide bonds. The summed E-state index contributed by atoms with van der Waals surface area (Å²) in [6.07, 6.45) is 0. The summed E-state index contributed by atoms with van der Waals surface area (Å²) in [5.41, 5.74) is 2.32. The van der Waals surface area contributed by atoms with Gasteiger partial charge in [-0.25, -0.2) is 8.42 Å². The van der Waals surface area contributed by atoms with Crippen molar-refractivity contribution in [2.75, 3.05) is 5.75 Å². The van der Waals surface area contributed by atoms with Crippen molar-refractivity contribution in [1.29, 1.82) is 5.41 Å². The molecule has 6 heteroatoms. The van der Waals surface area contributed by atoms with Gasteiger partial charge in [-0.3, -0.25) is 5.41 Å². The molecule has 1 atom stereocenters. The van der Waals surface area contributed by atoms with E-state index >= 15 is 0 Å². The summed E-state index contributed by atoms with van der Waals surface area (Å²) in [4.78, 5) is 0. The van der Waals surface area contributed by atoms with E-state index in [1.807, 2.05) is 19.9 Å². The highest BCUT2D eigenvalue weighted by Crippen LogP contribution is 2.40. The van der Waals surface area contributed by atoms with Crippen LogP contribution in [0.2, 0.25) is 0 Å². The van der Waals surface area contributed by atoms with Crippen molar-refractivity contribution in [2.45, 2.75) is 57.7 Å². The lowest BCUT2D eigenvalue weighted by Crippen LogP contribution is -2.63. The van der Waals surface area contributed by atoms with Gasteiger partial charge in [-0.1, -0.05) is 25.8 Å². The fourth-order valence-corrected chi connectivity index (χ4v) is 7.07. The van der Waals surface area contributed by atoms with Gasteiger partial charge in [-0.05, 0) is 69.0 Å². The Hall–Kier alpha value is -2.36. The molecule has 4 nitrogen and oxygen atoms in total. The molecular weight excluding hydrogens is 424 g/mol. The molecule has 0 aliphatic carbocycles. The first kappa shape index (κ1) is 21.9. The van der Waals surface area contributed by atoms with Gasteiger partial charge in [0.05, 0.1) is 11.3 Å². The third-order valence-electron chi connectivity index (χ3n) is 6.42. The lowest BCUT2D eigenvalue weighted by atomic mass is 9.90. The molecule has 2 aromatic carbocycles. The molecule has 31 heavy (non-hydrogen) atoms. The van der Waals surface area contributed by atoms with Crippen LogP contribution in [0.1, 0.15) is 64.2 Å². The standard InChI is InChI=1S/C25H28N2O2S2/c1-7-8-16-11-19-20-12-17(9-10-21(20)30-22(19)13-18(16)15(2)3)25(6)14-31(28,29)24(4,5)23(26)27-25/h9-13,15H,14H2,1-6H3,(H2,26,27)/t25-/m0/s1. The minimum absolute atomic E-state index is 0.0404. The molecule has 0 spiro atoms. The third kappa shape index (κ3) is 3.35. The Morgan fingerprint density at radius 3 is 2.39 bits per heavy atom. The van der Waals surface area contributed by atoms with Gasteiger partial charge in [-0.2, -0.15) is 0 Å². The molecule has 1 saturated heterocycles. The SMILES string of the molecule is CC#Cc1cc2c(cc1C(C)C)sc1ccc([C@]3(C)CS(=O)(=O)C(C)(C)C(=N)N3)cc12. The van der Waals surface area contributed by atoms with E-state index in [0.29, 0.717) is 5.92 Å². The monoisotopic (exact) mass is 452 g/mol. The highest BCUT2D eigenvalue weighted by molar-refractivity contribution is 7.93. The Balaban J connectivity index is 1.91. The van der Waals surface area contributed by atoms with E-state index in [1.54, 1.807) is 25.2 Å². The number of thiophene rings is 1. The van der Waals surface area contributed by atoms with Gasteiger partial charge in [0.2, 0.25) is 0 Å². The second-order valence-corrected chi connectivity index (χ2v) is 13.0. The number of rotatable bonds is 2. The number of nitrogens with one attached hydrogen (secondary N) is 2. The number of fused-ring (bicyclic) bond motifs is 3. The fraction of sp³-hybridized carbons (Fsp3) is 0.400. The Bertz CT molecular complexity index is 1400. The first-order valence-corrected chi connectivity index (χ1v) is 12.9. The predicted molar refractivity (Wildman–Crippen MR) is 132 cm³/mol. The molecule has 2 N–H and O–H groups in total. The molecule has 0 bridgehead atoms. The summed E-state index contributed by atoms with van der Waals surface area (Å²) in [6.45, 7) is 11.3. The number of hydrogen-bond acceptors (Lipinski definition) is 4. The van der Waals surface area contributed by atoms with Gasteiger partial charge in [0.1, 0.15) is 10.6 Å². The molecule has 0 radical (unpaired) electrons. The van der Waals surface area contributed by atoms with Crippen LogP contribution >= 0.6 is 11.3 Å². The summed E-state index contributed by atoms with van der Waals surface area (Å²) in [5.74, 6) is 6.65. The molecule has 4 rings (SSSR count). The maximum absolute atomic E-state index is 13.0. The molecule has 0 unspecified atom stereocenters. The van der Waals surface area contributed by atoms with Crippen molar-refractivity contribution < 1.29 is 8.42 Å². The molecule has 162 valence electrons. The van der Waals surface area contributed by atoms with E-state index < -0.39 is 20.1 Å². The maximum Gasteiger partial charge on any atom is 0.165 e. The lowest BCUT2D eigenvalue weighted by molar-refractivity contribution is 0.443. The van der Waals surface area contributed by atoms with Gasteiger partial charge in [0.15, 0.2) is 9.84 Å². The van der Waals surface area contributed by atoms with Gasteiger partial charge >= 0.3 is 0 Å². The summed E-state index contributed by atoms with van der Waals surface area (Å²) in [6, 6.07) is 10.6. The van der Waals surface area contributed by atoms with Crippen LogP contribution in [0.15, 0.2) is 30.3 Å². The molecule has 0 saturated carbocycles. The maximum atomic E-state index is 13.0. The number of amidine groups is 1. The second kappa shape index (κ2) is 7.08. The number of benzene rings is 2. The van der Waals surface area contributed by atoms with Gasteiger partial charge in [0.25, 0.3) is 0 Å². The predicted octanol–water partition coefficient (Wildman–Crippen LogP) is 5.54. The van der Waals surface area contributed by atoms with E-state index in [2.05, 4.69) is 55.3 Å².